The van der Waals surface area contributed by atoms with Crippen molar-refractivity contribution >= 4 is 11.6 Å². The zero-order valence-corrected chi connectivity index (χ0v) is 12.6. The van der Waals surface area contributed by atoms with Crippen LogP contribution in [0.25, 0.3) is 0 Å². The molecule has 0 aromatic heterocycles. The first-order chi connectivity index (χ1) is 10.7. The smallest absolute Gasteiger partial charge is 0.232 e. The van der Waals surface area contributed by atoms with Crippen molar-refractivity contribution in [2.45, 2.75) is 31.5 Å². The highest BCUT2D eigenvalue weighted by Gasteiger charge is 2.43. The molecule has 2 atom stereocenters. The van der Waals surface area contributed by atoms with Gasteiger partial charge in [0, 0.05) is 30.0 Å². The molecule has 0 spiro atoms. The number of hydrogen-bond donors (Lipinski definition) is 4. The Morgan fingerprint density at radius 2 is 1.78 bits per heavy atom. The Morgan fingerprint density at radius 1 is 1.17 bits per heavy atom. The molecule has 0 bridgehead atoms. The monoisotopic (exact) mass is 320 g/mol. The number of fused-ring (bicyclic) bond motifs is 2. The van der Waals surface area contributed by atoms with Gasteiger partial charge in [-0.05, 0) is 6.92 Å². The lowest BCUT2D eigenvalue weighted by atomic mass is 9.75. The minimum absolute atomic E-state index is 0.150. The lowest BCUT2D eigenvalue weighted by Gasteiger charge is -2.36. The van der Waals surface area contributed by atoms with Crippen LogP contribution in [-0.4, -0.2) is 50.8 Å². The van der Waals surface area contributed by atoms with Gasteiger partial charge in [0.25, 0.3) is 0 Å². The molecule has 23 heavy (non-hydrogen) atoms. The van der Waals surface area contributed by atoms with Crippen molar-refractivity contribution in [2.75, 3.05) is 7.11 Å². The van der Waals surface area contributed by atoms with Gasteiger partial charge in [-0.15, -0.1) is 0 Å². The third kappa shape index (κ3) is 2.04. The number of allylic oxidation sites excluding steroid dienone is 2. The van der Waals surface area contributed by atoms with Gasteiger partial charge in [-0.1, -0.05) is 0 Å². The second-order valence-corrected chi connectivity index (χ2v) is 6.06. The summed E-state index contributed by atoms with van der Waals surface area (Å²) in [7, 11) is 1.22. The normalized spacial score (nSPS) is 26.4. The second-order valence-electron chi connectivity index (χ2n) is 6.06. The molecule has 0 radical (unpaired) electrons. The summed E-state index contributed by atoms with van der Waals surface area (Å²) in [5.74, 6) is -2.55. The molecule has 7 nitrogen and oxygen atoms in total. The molecule has 2 aliphatic carbocycles. The molecule has 4 N–H and O–H groups in total. The van der Waals surface area contributed by atoms with Crippen LogP contribution in [0.15, 0.2) is 11.8 Å². The van der Waals surface area contributed by atoms with E-state index >= 15 is 0 Å². The van der Waals surface area contributed by atoms with Gasteiger partial charge in [-0.3, -0.25) is 9.59 Å². The lowest BCUT2D eigenvalue weighted by molar-refractivity contribution is -0.0668. The first-order valence-electron chi connectivity index (χ1n) is 7.03. The van der Waals surface area contributed by atoms with Gasteiger partial charge in [-0.25, -0.2) is 0 Å². The number of carbonyl (C=O) groups excluding carboxylic acids is 2. The largest absolute Gasteiger partial charge is 0.507 e. The van der Waals surface area contributed by atoms with Crippen molar-refractivity contribution in [2.24, 2.45) is 0 Å². The molecule has 1 aromatic carbocycles. The molecule has 1 aromatic rings. The Bertz CT molecular complexity index is 773. The third-order valence-corrected chi connectivity index (χ3v) is 4.49. The van der Waals surface area contributed by atoms with Crippen molar-refractivity contribution in [3.05, 3.63) is 34.1 Å². The minimum atomic E-state index is -1.51. The summed E-state index contributed by atoms with van der Waals surface area (Å²) in [6, 6.07) is 0. The Hall–Kier alpha value is -2.38. The number of aromatic hydroxyl groups is 2. The van der Waals surface area contributed by atoms with Crippen LogP contribution in [-0.2, 0) is 17.6 Å². The van der Waals surface area contributed by atoms with Crippen LogP contribution in [0.4, 0.5) is 0 Å². The molecule has 0 unspecified atom stereocenters. The Balaban J connectivity index is 2.30. The summed E-state index contributed by atoms with van der Waals surface area (Å²) in [5, 5.41) is 41.0. The first kappa shape index (κ1) is 15.5. The Morgan fingerprint density at radius 3 is 2.39 bits per heavy atom. The quantitative estimate of drug-likeness (QED) is 0.545. The number of benzene rings is 1. The molecule has 0 amide bonds. The summed E-state index contributed by atoms with van der Waals surface area (Å²) >= 11 is 0. The highest BCUT2D eigenvalue weighted by Crippen LogP contribution is 2.45. The summed E-state index contributed by atoms with van der Waals surface area (Å²) in [6.45, 7) is 1.40. The van der Waals surface area contributed by atoms with Gasteiger partial charge in [0.2, 0.25) is 5.78 Å². The fourth-order valence-electron chi connectivity index (χ4n) is 3.12. The van der Waals surface area contributed by atoms with E-state index in [-0.39, 0.29) is 40.9 Å². The van der Waals surface area contributed by atoms with E-state index in [1.165, 1.54) is 14.0 Å². The van der Waals surface area contributed by atoms with Crippen LogP contribution in [0, 0.1) is 0 Å². The molecule has 0 fully saturated rings. The number of aliphatic hydroxyl groups excluding tert-OH is 1. The van der Waals surface area contributed by atoms with Crippen LogP contribution in [0.1, 0.15) is 38.8 Å². The van der Waals surface area contributed by atoms with Gasteiger partial charge in [0.1, 0.15) is 11.5 Å². The van der Waals surface area contributed by atoms with Crippen molar-refractivity contribution in [3.8, 4) is 11.5 Å². The molecule has 0 heterocycles. The average molecular weight is 320 g/mol. The van der Waals surface area contributed by atoms with Crippen molar-refractivity contribution < 1.29 is 34.8 Å². The van der Waals surface area contributed by atoms with Crippen LogP contribution in [0.3, 0.4) is 0 Å². The van der Waals surface area contributed by atoms with Gasteiger partial charge in [0.15, 0.2) is 11.5 Å². The average Bonchev–Trinajstić information content (AvgIpc) is 2.48. The van der Waals surface area contributed by atoms with E-state index in [9.17, 15) is 30.0 Å². The molecular weight excluding hydrogens is 304 g/mol. The third-order valence-electron chi connectivity index (χ3n) is 4.49. The van der Waals surface area contributed by atoms with Crippen LogP contribution in [0.2, 0.25) is 0 Å². The van der Waals surface area contributed by atoms with Crippen LogP contribution >= 0.6 is 0 Å². The number of ketones is 2. The Labute approximate surface area is 131 Å². The number of phenols is 2. The molecule has 0 saturated carbocycles. The maximum atomic E-state index is 12.3. The predicted molar refractivity (Wildman–Crippen MR) is 77.6 cm³/mol. The molecule has 2 aliphatic rings. The number of phenolic OH excluding ortho intramolecular Hbond substituents is 2. The van der Waals surface area contributed by atoms with E-state index in [1.54, 1.807) is 0 Å². The number of hydrogen-bond acceptors (Lipinski definition) is 7. The number of aliphatic hydroxyl groups is 2. The summed E-state index contributed by atoms with van der Waals surface area (Å²) < 4.78 is 4.83. The minimum Gasteiger partial charge on any atom is -0.507 e. The zero-order chi connectivity index (χ0) is 17.1. The van der Waals surface area contributed by atoms with Crippen LogP contribution < -0.4 is 0 Å². The van der Waals surface area contributed by atoms with Crippen molar-refractivity contribution in [1.82, 2.24) is 0 Å². The van der Waals surface area contributed by atoms with E-state index < -0.39 is 34.8 Å². The highest BCUT2D eigenvalue weighted by molar-refractivity contribution is 6.26. The van der Waals surface area contributed by atoms with E-state index in [0.29, 0.717) is 0 Å². The van der Waals surface area contributed by atoms with Gasteiger partial charge in [0.05, 0.1) is 29.9 Å². The number of methoxy groups -OCH3 is 1. The van der Waals surface area contributed by atoms with Gasteiger partial charge in [-0.2, -0.15) is 0 Å². The topological polar surface area (TPSA) is 124 Å². The SMILES string of the molecule is COC1=CC(=O)c2c(O)c3c(c(O)c2C1=O)C[C@@H](O)[C@@](C)(O)C3. The molecule has 3 rings (SSSR count). The molecule has 0 aliphatic heterocycles. The van der Waals surface area contributed by atoms with E-state index in [0.717, 1.165) is 6.08 Å². The number of Topliss-reactive ketones (excluding diaryl/α,β-unsaturated/α-hetero) is 1. The highest BCUT2D eigenvalue weighted by atomic mass is 16.5. The molecule has 0 saturated heterocycles. The number of carbonyl (C=O) groups is 2. The Kier molecular flexibility index (Phi) is 3.24. The number of ether oxygens (including phenoxy) is 1. The lowest BCUT2D eigenvalue weighted by Crippen LogP contribution is -2.46. The van der Waals surface area contributed by atoms with Gasteiger partial charge < -0.3 is 25.2 Å². The summed E-state index contributed by atoms with van der Waals surface area (Å²) in [4.78, 5) is 24.5. The van der Waals surface area contributed by atoms with E-state index in [4.69, 9.17) is 4.74 Å². The first-order valence-corrected chi connectivity index (χ1v) is 7.03. The second kappa shape index (κ2) is 4.81. The summed E-state index contributed by atoms with van der Waals surface area (Å²) in [6.07, 6.45) is -0.530. The molecule has 122 valence electrons. The fourth-order valence-corrected chi connectivity index (χ4v) is 3.12. The number of rotatable bonds is 1. The van der Waals surface area contributed by atoms with E-state index in [1.807, 2.05) is 0 Å². The maximum Gasteiger partial charge on any atom is 0.232 e. The standard InChI is InChI=1S/C16H16O7/c1-16(22)5-7-6(3-10(16)18)13(19)12-11(14(7)20)8(17)4-9(23-2)15(12)21/h4,10,18-20,22H,3,5H2,1-2H3/t10-,16+/m1/s1. The van der Waals surface area contributed by atoms with Crippen molar-refractivity contribution in [3.63, 3.8) is 0 Å². The fraction of sp³-hybridized carbons (Fsp3) is 0.375. The molecular formula is C16H16O7. The van der Waals surface area contributed by atoms with E-state index in [2.05, 4.69) is 0 Å². The van der Waals surface area contributed by atoms with Crippen LogP contribution in [0.5, 0.6) is 11.5 Å². The van der Waals surface area contributed by atoms with Gasteiger partial charge >= 0.3 is 0 Å². The zero-order valence-electron chi connectivity index (χ0n) is 12.6. The molecule has 7 heteroatoms. The summed E-state index contributed by atoms with van der Waals surface area (Å²) in [5.41, 5.74) is -1.84. The van der Waals surface area contributed by atoms with Crippen molar-refractivity contribution in [1.29, 1.82) is 0 Å². The maximum absolute atomic E-state index is 12.3. The predicted octanol–water partition coefficient (Wildman–Crippen LogP) is 0.218.